The van der Waals surface area contributed by atoms with Crippen LogP contribution in [-0.4, -0.2) is 24.4 Å². The molecule has 0 aromatic heterocycles. The van der Waals surface area contributed by atoms with Crippen LogP contribution in [0.25, 0.3) is 0 Å². The van der Waals surface area contributed by atoms with E-state index in [2.05, 4.69) is 29.2 Å². The van der Waals surface area contributed by atoms with Gasteiger partial charge in [0.15, 0.2) is 0 Å². The summed E-state index contributed by atoms with van der Waals surface area (Å²) in [6, 6.07) is 5.79. The molecule has 0 unspecified atom stereocenters. The third kappa shape index (κ3) is 3.07. The minimum Gasteiger partial charge on any atom is -0.338 e. The van der Waals surface area contributed by atoms with Gasteiger partial charge in [0.1, 0.15) is 0 Å². The van der Waals surface area contributed by atoms with Gasteiger partial charge in [-0.3, -0.25) is 4.79 Å². The van der Waals surface area contributed by atoms with Crippen LogP contribution in [-0.2, 0) is 0 Å². The minimum atomic E-state index is 0.0519. The van der Waals surface area contributed by atoms with Gasteiger partial charge in [0.25, 0.3) is 5.91 Å². The molecule has 86 valence electrons. The van der Waals surface area contributed by atoms with Gasteiger partial charge in [0, 0.05) is 17.2 Å². The zero-order valence-electron chi connectivity index (χ0n) is 9.88. The molecule has 0 saturated carbocycles. The second-order valence-corrected chi connectivity index (χ2v) is 5.13. The first-order valence-electron chi connectivity index (χ1n) is 5.08. The summed E-state index contributed by atoms with van der Waals surface area (Å²) in [6.45, 7) is 8.35. The second-order valence-electron chi connectivity index (χ2n) is 4.05. The van der Waals surface area contributed by atoms with Crippen LogP contribution in [0.3, 0.4) is 0 Å². The standard InChI is InChI=1S/C13H16INO/c1-9(2)8-15(4)13(16)11-7-5-6-10(3)12(11)14/h5-7H,1,8H2,2-4H3. The molecule has 0 saturated heterocycles. The molecule has 1 aromatic rings. The Morgan fingerprint density at radius 1 is 1.50 bits per heavy atom. The van der Waals surface area contributed by atoms with Crippen molar-refractivity contribution in [1.29, 1.82) is 0 Å². The summed E-state index contributed by atoms with van der Waals surface area (Å²) in [4.78, 5) is 13.8. The molecule has 0 heterocycles. The van der Waals surface area contributed by atoms with Crippen molar-refractivity contribution in [2.24, 2.45) is 0 Å². The number of carbonyl (C=O) groups is 1. The molecule has 0 N–H and O–H groups in total. The highest BCUT2D eigenvalue weighted by atomic mass is 127. The van der Waals surface area contributed by atoms with Crippen molar-refractivity contribution < 1.29 is 4.79 Å². The number of likely N-dealkylation sites (N-methyl/N-ethyl adjacent to an activating group) is 1. The van der Waals surface area contributed by atoms with Crippen LogP contribution >= 0.6 is 22.6 Å². The van der Waals surface area contributed by atoms with E-state index < -0.39 is 0 Å². The molecule has 0 spiro atoms. The van der Waals surface area contributed by atoms with Crippen LogP contribution in [0.5, 0.6) is 0 Å². The van der Waals surface area contributed by atoms with Crippen molar-refractivity contribution in [3.8, 4) is 0 Å². The van der Waals surface area contributed by atoms with Crippen LogP contribution < -0.4 is 0 Å². The number of halogens is 1. The monoisotopic (exact) mass is 329 g/mol. The normalized spacial score (nSPS) is 10.0. The van der Waals surface area contributed by atoms with Gasteiger partial charge in [-0.05, 0) is 48.1 Å². The third-order valence-electron chi connectivity index (χ3n) is 2.28. The lowest BCUT2D eigenvalue weighted by Crippen LogP contribution is -2.28. The van der Waals surface area contributed by atoms with E-state index >= 15 is 0 Å². The molecule has 0 radical (unpaired) electrons. The smallest absolute Gasteiger partial charge is 0.254 e. The summed E-state index contributed by atoms with van der Waals surface area (Å²) >= 11 is 2.22. The average Bonchev–Trinajstić information content (AvgIpc) is 2.20. The summed E-state index contributed by atoms with van der Waals surface area (Å²) in [5.41, 5.74) is 2.89. The Morgan fingerprint density at radius 3 is 2.69 bits per heavy atom. The van der Waals surface area contributed by atoms with E-state index in [1.165, 1.54) is 0 Å². The number of carbonyl (C=O) groups excluding carboxylic acids is 1. The molecule has 2 nitrogen and oxygen atoms in total. The zero-order chi connectivity index (χ0) is 12.3. The van der Waals surface area contributed by atoms with E-state index in [-0.39, 0.29) is 5.91 Å². The van der Waals surface area contributed by atoms with Gasteiger partial charge in [-0.1, -0.05) is 24.3 Å². The fraction of sp³-hybridized carbons (Fsp3) is 0.308. The fourth-order valence-corrected chi connectivity index (χ4v) is 2.09. The van der Waals surface area contributed by atoms with Crippen LogP contribution in [0, 0.1) is 10.5 Å². The highest BCUT2D eigenvalue weighted by Crippen LogP contribution is 2.18. The Labute approximate surface area is 110 Å². The first kappa shape index (κ1) is 13.2. The molecule has 1 amide bonds. The Morgan fingerprint density at radius 2 is 2.12 bits per heavy atom. The summed E-state index contributed by atoms with van der Waals surface area (Å²) < 4.78 is 1.03. The molecule has 0 aliphatic carbocycles. The largest absolute Gasteiger partial charge is 0.338 e. The van der Waals surface area contributed by atoms with Crippen molar-refractivity contribution in [2.45, 2.75) is 13.8 Å². The molecule has 0 aliphatic heterocycles. The molecule has 1 aromatic carbocycles. The summed E-state index contributed by atoms with van der Waals surface area (Å²) in [5, 5.41) is 0. The lowest BCUT2D eigenvalue weighted by atomic mass is 10.1. The predicted octanol–water partition coefficient (Wildman–Crippen LogP) is 3.25. The molecule has 1 rings (SSSR count). The maximum atomic E-state index is 12.1. The van der Waals surface area contributed by atoms with E-state index in [1.807, 2.05) is 32.0 Å². The third-order valence-corrected chi connectivity index (χ3v) is 3.71. The molecule has 0 fully saturated rings. The van der Waals surface area contributed by atoms with Gasteiger partial charge in [-0.2, -0.15) is 0 Å². The van der Waals surface area contributed by atoms with Crippen molar-refractivity contribution >= 4 is 28.5 Å². The molecular formula is C13H16INO. The number of rotatable bonds is 3. The Hall–Kier alpha value is -0.840. The molecule has 0 atom stereocenters. The predicted molar refractivity (Wildman–Crippen MR) is 75.7 cm³/mol. The molecule has 0 bridgehead atoms. The first-order chi connectivity index (χ1) is 7.43. The highest BCUT2D eigenvalue weighted by Gasteiger charge is 2.15. The Kier molecular flexibility index (Phi) is 4.53. The number of benzene rings is 1. The minimum absolute atomic E-state index is 0.0519. The van der Waals surface area contributed by atoms with Crippen molar-refractivity contribution in [2.75, 3.05) is 13.6 Å². The number of nitrogens with zero attached hydrogens (tertiary/aromatic N) is 1. The fourth-order valence-electron chi connectivity index (χ4n) is 1.49. The summed E-state index contributed by atoms with van der Waals surface area (Å²) in [6.07, 6.45) is 0. The van der Waals surface area contributed by atoms with Gasteiger partial charge in [-0.15, -0.1) is 0 Å². The highest BCUT2D eigenvalue weighted by molar-refractivity contribution is 14.1. The van der Waals surface area contributed by atoms with Gasteiger partial charge < -0.3 is 4.90 Å². The maximum Gasteiger partial charge on any atom is 0.254 e. The lowest BCUT2D eigenvalue weighted by Gasteiger charge is -2.18. The van der Waals surface area contributed by atoms with Crippen LogP contribution in [0.2, 0.25) is 0 Å². The quantitative estimate of drug-likeness (QED) is 0.616. The van der Waals surface area contributed by atoms with Crippen molar-refractivity contribution in [3.05, 3.63) is 45.0 Å². The second kappa shape index (κ2) is 5.48. The number of hydrogen-bond acceptors (Lipinski definition) is 1. The lowest BCUT2D eigenvalue weighted by molar-refractivity contribution is 0.0806. The van der Waals surface area contributed by atoms with Gasteiger partial charge >= 0.3 is 0 Å². The number of amides is 1. The van der Waals surface area contributed by atoms with Gasteiger partial charge in [0.2, 0.25) is 0 Å². The van der Waals surface area contributed by atoms with Gasteiger partial charge in [-0.25, -0.2) is 0 Å². The van der Waals surface area contributed by atoms with Crippen LogP contribution in [0.4, 0.5) is 0 Å². The van der Waals surface area contributed by atoms with E-state index in [9.17, 15) is 4.79 Å². The number of aryl methyl sites for hydroxylation is 1. The summed E-state index contributed by atoms with van der Waals surface area (Å²) in [7, 11) is 1.80. The van der Waals surface area contributed by atoms with E-state index in [1.54, 1.807) is 11.9 Å². The first-order valence-corrected chi connectivity index (χ1v) is 6.16. The van der Waals surface area contributed by atoms with Crippen LogP contribution in [0.1, 0.15) is 22.8 Å². The van der Waals surface area contributed by atoms with Crippen LogP contribution in [0.15, 0.2) is 30.4 Å². The zero-order valence-corrected chi connectivity index (χ0v) is 12.0. The van der Waals surface area contributed by atoms with Crippen molar-refractivity contribution in [1.82, 2.24) is 4.90 Å². The SMILES string of the molecule is C=C(C)CN(C)C(=O)c1cccc(C)c1I. The Bertz CT molecular complexity index is 426. The van der Waals surface area contributed by atoms with Crippen molar-refractivity contribution in [3.63, 3.8) is 0 Å². The molecule has 3 heteroatoms. The average molecular weight is 329 g/mol. The number of hydrogen-bond donors (Lipinski definition) is 0. The van der Waals surface area contributed by atoms with E-state index in [0.29, 0.717) is 6.54 Å². The molecule has 0 aliphatic rings. The topological polar surface area (TPSA) is 20.3 Å². The summed E-state index contributed by atoms with van der Waals surface area (Å²) in [5.74, 6) is 0.0519. The molecule has 16 heavy (non-hydrogen) atoms. The maximum absolute atomic E-state index is 12.1. The molecular weight excluding hydrogens is 313 g/mol. The van der Waals surface area contributed by atoms with E-state index in [4.69, 9.17) is 0 Å². The van der Waals surface area contributed by atoms with Gasteiger partial charge in [0.05, 0.1) is 5.56 Å². The Balaban J connectivity index is 2.96. The van der Waals surface area contributed by atoms with E-state index in [0.717, 1.165) is 20.3 Å².